The van der Waals surface area contributed by atoms with Crippen LogP contribution >= 0.6 is 0 Å². The second kappa shape index (κ2) is 12.5. The molecule has 0 unspecified atom stereocenters. The first kappa shape index (κ1) is 26.4. The number of nitrogens with one attached hydrogen (secondary N) is 2. The molecule has 0 fully saturated rings. The van der Waals surface area contributed by atoms with Crippen LogP contribution in [0.1, 0.15) is 50.8 Å². The molecule has 3 rings (SSSR count). The summed E-state index contributed by atoms with van der Waals surface area (Å²) in [5, 5.41) is 15.4. The molecule has 0 radical (unpaired) electrons. The van der Waals surface area contributed by atoms with Gasteiger partial charge in [0.2, 0.25) is 17.7 Å². The lowest BCUT2D eigenvalue weighted by Gasteiger charge is -2.33. The Hall–Kier alpha value is -4.20. The van der Waals surface area contributed by atoms with Gasteiger partial charge in [0.1, 0.15) is 17.6 Å². The van der Waals surface area contributed by atoms with Gasteiger partial charge < -0.3 is 15.7 Å². The minimum Gasteiger partial charge on any atom is -0.508 e. The molecule has 0 spiro atoms. The normalized spacial score (nSPS) is 11.6. The second-order valence-corrected chi connectivity index (χ2v) is 8.67. The van der Waals surface area contributed by atoms with Crippen molar-refractivity contribution in [2.24, 2.45) is 0 Å². The van der Waals surface area contributed by atoms with Gasteiger partial charge in [-0.2, -0.15) is 0 Å². The van der Waals surface area contributed by atoms with Crippen molar-refractivity contribution in [1.29, 1.82) is 0 Å². The third-order valence-corrected chi connectivity index (χ3v) is 5.55. The van der Waals surface area contributed by atoms with Crippen molar-refractivity contribution in [1.82, 2.24) is 10.3 Å². The van der Waals surface area contributed by atoms with Gasteiger partial charge in [0.15, 0.2) is 0 Å². The molecule has 0 aliphatic rings. The number of rotatable bonds is 10. The number of aryl methyl sites for hydroxylation is 1. The van der Waals surface area contributed by atoms with Crippen molar-refractivity contribution in [3.8, 4) is 5.75 Å². The average molecular weight is 489 g/mol. The largest absolute Gasteiger partial charge is 0.508 e. The second-order valence-electron chi connectivity index (χ2n) is 8.67. The Bertz CT molecular complexity index is 1180. The van der Waals surface area contributed by atoms with Crippen LogP contribution in [0.5, 0.6) is 5.75 Å². The Morgan fingerprint density at radius 3 is 2.28 bits per heavy atom. The number of phenols is 1. The number of amides is 3. The molecule has 8 nitrogen and oxygen atoms in total. The molecule has 0 saturated heterocycles. The molecule has 0 saturated carbocycles. The number of aromatic nitrogens is 1. The number of benzene rings is 2. The lowest BCUT2D eigenvalue weighted by Crippen LogP contribution is -2.46. The number of anilines is 2. The highest BCUT2D eigenvalue weighted by Gasteiger charge is 2.34. The van der Waals surface area contributed by atoms with Crippen LogP contribution in [0.4, 0.5) is 11.5 Å². The van der Waals surface area contributed by atoms with Gasteiger partial charge in [-0.15, -0.1) is 0 Å². The number of carbonyl (C=O) groups excluding carboxylic acids is 3. The molecule has 3 amide bonds. The topological polar surface area (TPSA) is 112 Å². The minimum absolute atomic E-state index is 0.0554. The fourth-order valence-corrected chi connectivity index (χ4v) is 3.88. The van der Waals surface area contributed by atoms with E-state index in [1.807, 2.05) is 39.0 Å². The molecule has 2 aromatic carbocycles. The minimum atomic E-state index is -0.993. The van der Waals surface area contributed by atoms with Gasteiger partial charge in [-0.05, 0) is 61.7 Å². The Morgan fingerprint density at radius 1 is 0.944 bits per heavy atom. The average Bonchev–Trinajstić information content (AvgIpc) is 2.86. The predicted molar refractivity (Wildman–Crippen MR) is 140 cm³/mol. The van der Waals surface area contributed by atoms with E-state index in [0.29, 0.717) is 23.5 Å². The summed E-state index contributed by atoms with van der Waals surface area (Å²) >= 11 is 0. The first-order chi connectivity index (χ1) is 17.3. The van der Waals surface area contributed by atoms with Crippen molar-refractivity contribution in [3.05, 3.63) is 84.1 Å². The molecular formula is C28H32N4O4. The quantitative estimate of drug-likeness (QED) is 0.392. The summed E-state index contributed by atoms with van der Waals surface area (Å²) < 4.78 is 0. The fourth-order valence-electron chi connectivity index (χ4n) is 3.88. The van der Waals surface area contributed by atoms with Gasteiger partial charge in [0.25, 0.3) is 0 Å². The summed E-state index contributed by atoms with van der Waals surface area (Å²) in [6.07, 6.45) is 2.03. The summed E-state index contributed by atoms with van der Waals surface area (Å²) in [6, 6.07) is 17.7. The van der Waals surface area contributed by atoms with Crippen molar-refractivity contribution in [3.63, 3.8) is 0 Å². The molecule has 1 heterocycles. The summed E-state index contributed by atoms with van der Waals surface area (Å²) in [5.74, 6) is -0.614. The SMILES string of the molecule is CCc1ccccc1N(C(=O)CCC(=O)Nc1ccccn1)[C@@H](C(=O)NC(C)C)c1ccc(O)cc1. The molecule has 1 aromatic heterocycles. The van der Waals surface area contributed by atoms with Crippen LogP contribution in [0, 0.1) is 0 Å². The maximum atomic E-state index is 13.7. The monoisotopic (exact) mass is 488 g/mol. The molecular weight excluding hydrogens is 456 g/mol. The lowest BCUT2D eigenvalue weighted by atomic mass is 9.99. The van der Waals surface area contributed by atoms with E-state index >= 15 is 0 Å². The van der Waals surface area contributed by atoms with Gasteiger partial charge >= 0.3 is 0 Å². The zero-order chi connectivity index (χ0) is 26.1. The smallest absolute Gasteiger partial charge is 0.248 e. The summed E-state index contributed by atoms with van der Waals surface area (Å²) in [4.78, 5) is 45.3. The van der Waals surface area contributed by atoms with Crippen molar-refractivity contribution >= 4 is 29.2 Å². The van der Waals surface area contributed by atoms with E-state index in [1.54, 1.807) is 42.6 Å². The van der Waals surface area contributed by atoms with Crippen LogP contribution in [0.2, 0.25) is 0 Å². The highest BCUT2D eigenvalue weighted by Crippen LogP contribution is 2.32. The number of aromatic hydroxyl groups is 1. The molecule has 3 N–H and O–H groups in total. The maximum Gasteiger partial charge on any atom is 0.248 e. The number of para-hydroxylation sites is 1. The molecule has 0 aliphatic carbocycles. The zero-order valence-electron chi connectivity index (χ0n) is 20.8. The number of phenolic OH excluding ortho intramolecular Hbond substituents is 1. The molecule has 3 aromatic rings. The number of pyridine rings is 1. The third-order valence-electron chi connectivity index (χ3n) is 5.55. The van der Waals surface area contributed by atoms with Crippen LogP contribution in [0.3, 0.4) is 0 Å². The molecule has 188 valence electrons. The molecule has 8 heteroatoms. The zero-order valence-corrected chi connectivity index (χ0v) is 20.8. The fraction of sp³-hybridized carbons (Fsp3) is 0.286. The van der Waals surface area contributed by atoms with Gasteiger partial charge in [-0.25, -0.2) is 4.98 Å². The first-order valence-electron chi connectivity index (χ1n) is 12.0. The van der Waals surface area contributed by atoms with E-state index < -0.39 is 6.04 Å². The van der Waals surface area contributed by atoms with Crippen molar-refractivity contribution < 1.29 is 19.5 Å². The van der Waals surface area contributed by atoms with Gasteiger partial charge in [0, 0.05) is 30.8 Å². The molecule has 36 heavy (non-hydrogen) atoms. The van der Waals surface area contributed by atoms with E-state index in [0.717, 1.165) is 5.56 Å². The number of hydrogen-bond acceptors (Lipinski definition) is 5. The van der Waals surface area contributed by atoms with Gasteiger partial charge in [-0.3, -0.25) is 19.3 Å². The predicted octanol–water partition coefficient (Wildman–Crippen LogP) is 4.37. The Balaban J connectivity index is 1.97. The number of nitrogens with zero attached hydrogens (tertiary/aromatic N) is 2. The number of hydrogen-bond donors (Lipinski definition) is 3. The maximum absolute atomic E-state index is 13.7. The van der Waals surface area contributed by atoms with E-state index in [1.165, 1.54) is 17.0 Å². The first-order valence-corrected chi connectivity index (χ1v) is 12.0. The van der Waals surface area contributed by atoms with Gasteiger partial charge in [-0.1, -0.05) is 43.3 Å². The Kier molecular flexibility index (Phi) is 9.16. The van der Waals surface area contributed by atoms with Crippen molar-refractivity contribution in [2.75, 3.05) is 10.2 Å². The van der Waals surface area contributed by atoms with Gasteiger partial charge in [0.05, 0.1) is 0 Å². The van der Waals surface area contributed by atoms with Crippen LogP contribution in [-0.4, -0.2) is 33.9 Å². The van der Waals surface area contributed by atoms with E-state index in [9.17, 15) is 19.5 Å². The Morgan fingerprint density at radius 2 is 1.64 bits per heavy atom. The summed E-state index contributed by atoms with van der Waals surface area (Å²) in [6.45, 7) is 5.67. The third kappa shape index (κ3) is 6.91. The Labute approximate surface area is 211 Å². The molecule has 0 bridgehead atoms. The van der Waals surface area contributed by atoms with Crippen LogP contribution < -0.4 is 15.5 Å². The standard InChI is InChI=1S/C28H32N4O4/c1-4-20-9-5-6-10-23(20)32(26(35)17-16-25(34)31-24-11-7-8-18-29-24)27(28(36)30-19(2)3)21-12-14-22(33)15-13-21/h5-15,18-19,27,33H,4,16-17H2,1-3H3,(H,30,36)(H,29,31,34)/t27-/m1/s1. The number of carbonyl (C=O) groups is 3. The molecule has 1 atom stereocenters. The molecule has 0 aliphatic heterocycles. The lowest BCUT2D eigenvalue weighted by molar-refractivity contribution is -0.127. The van der Waals surface area contributed by atoms with E-state index in [-0.39, 0.29) is 42.4 Å². The highest BCUT2D eigenvalue weighted by molar-refractivity contribution is 6.03. The van der Waals surface area contributed by atoms with Crippen LogP contribution in [-0.2, 0) is 20.8 Å². The van der Waals surface area contributed by atoms with E-state index in [2.05, 4.69) is 15.6 Å². The van der Waals surface area contributed by atoms with Crippen LogP contribution in [0.25, 0.3) is 0 Å². The highest BCUT2D eigenvalue weighted by atomic mass is 16.3. The van der Waals surface area contributed by atoms with E-state index in [4.69, 9.17) is 0 Å². The van der Waals surface area contributed by atoms with Crippen molar-refractivity contribution in [2.45, 2.75) is 52.1 Å². The van der Waals surface area contributed by atoms with Crippen LogP contribution in [0.15, 0.2) is 72.9 Å². The summed E-state index contributed by atoms with van der Waals surface area (Å²) in [5.41, 5.74) is 2.04. The summed E-state index contributed by atoms with van der Waals surface area (Å²) in [7, 11) is 0.